The topological polar surface area (TPSA) is 81.8 Å². The van der Waals surface area contributed by atoms with Crippen LogP contribution in [0.2, 0.25) is 0 Å². The molecule has 2 aromatic rings. The molecule has 2 aromatic carbocycles. The van der Waals surface area contributed by atoms with Crippen molar-refractivity contribution in [3.63, 3.8) is 0 Å². The highest BCUT2D eigenvalue weighted by atomic mass is 16.2. The first-order chi connectivity index (χ1) is 17.3. The molecule has 0 saturated carbocycles. The van der Waals surface area contributed by atoms with E-state index in [1.807, 2.05) is 55.1 Å². The number of urea groups is 1. The monoisotopic (exact) mass is 490 g/mol. The summed E-state index contributed by atoms with van der Waals surface area (Å²) in [5.74, 6) is -0.243. The summed E-state index contributed by atoms with van der Waals surface area (Å²) in [6.45, 7) is 7.90. The van der Waals surface area contributed by atoms with Crippen LogP contribution in [0.1, 0.15) is 60.5 Å². The Balaban J connectivity index is 1.44. The van der Waals surface area contributed by atoms with Gasteiger partial charge in [0.1, 0.15) is 6.04 Å². The Hall–Kier alpha value is -3.35. The van der Waals surface area contributed by atoms with Crippen molar-refractivity contribution in [1.82, 2.24) is 15.1 Å². The van der Waals surface area contributed by atoms with Crippen LogP contribution in [0.4, 0.5) is 10.5 Å². The Morgan fingerprint density at radius 1 is 0.833 bits per heavy atom. The number of carbonyl (C=O) groups excluding carboxylic acids is 3. The summed E-state index contributed by atoms with van der Waals surface area (Å²) in [6, 6.07) is 14.6. The van der Waals surface area contributed by atoms with Crippen LogP contribution >= 0.6 is 0 Å². The fourth-order valence-corrected chi connectivity index (χ4v) is 5.19. The van der Waals surface area contributed by atoms with Crippen molar-refractivity contribution >= 4 is 23.5 Å². The summed E-state index contributed by atoms with van der Waals surface area (Å²) < 4.78 is 0. The number of amides is 4. The second-order valence-electron chi connectivity index (χ2n) is 10.3. The fraction of sp³-hybridized carbons (Fsp3) is 0.483. The normalized spacial score (nSPS) is 19.5. The van der Waals surface area contributed by atoms with Crippen molar-refractivity contribution in [3.05, 3.63) is 65.2 Å². The van der Waals surface area contributed by atoms with Gasteiger partial charge in [0.2, 0.25) is 5.91 Å². The molecule has 0 bridgehead atoms. The van der Waals surface area contributed by atoms with Crippen LogP contribution < -0.4 is 10.6 Å². The van der Waals surface area contributed by atoms with Crippen LogP contribution in [0.3, 0.4) is 0 Å². The molecule has 0 aromatic heterocycles. The molecule has 4 amide bonds. The van der Waals surface area contributed by atoms with E-state index in [4.69, 9.17) is 0 Å². The smallest absolute Gasteiger partial charge is 0.321 e. The first kappa shape index (κ1) is 25.7. The third kappa shape index (κ3) is 6.25. The summed E-state index contributed by atoms with van der Waals surface area (Å²) in [5, 5.41) is 6.04. The predicted octanol–water partition coefficient (Wildman–Crippen LogP) is 4.75. The number of benzene rings is 2. The zero-order valence-corrected chi connectivity index (χ0v) is 21.6. The molecule has 2 saturated heterocycles. The number of likely N-dealkylation sites (tertiary alicyclic amines) is 2. The number of aryl methyl sites for hydroxylation is 2. The largest absolute Gasteiger partial charge is 0.340 e. The molecule has 2 heterocycles. The number of rotatable bonds is 5. The molecule has 2 N–H and O–H groups in total. The van der Waals surface area contributed by atoms with Gasteiger partial charge in [-0.05, 0) is 83.1 Å². The van der Waals surface area contributed by atoms with E-state index in [1.165, 1.54) is 0 Å². The third-order valence-electron chi connectivity index (χ3n) is 7.55. The minimum atomic E-state index is -0.596. The van der Waals surface area contributed by atoms with E-state index in [0.717, 1.165) is 42.6 Å². The van der Waals surface area contributed by atoms with Gasteiger partial charge in [-0.3, -0.25) is 9.59 Å². The van der Waals surface area contributed by atoms with Crippen LogP contribution in [-0.2, 0) is 4.79 Å². The Morgan fingerprint density at radius 3 is 2.06 bits per heavy atom. The van der Waals surface area contributed by atoms with Gasteiger partial charge in [0.15, 0.2) is 0 Å². The van der Waals surface area contributed by atoms with E-state index in [0.29, 0.717) is 31.5 Å². The van der Waals surface area contributed by atoms with Crippen LogP contribution in [0, 0.1) is 19.8 Å². The van der Waals surface area contributed by atoms with Crippen molar-refractivity contribution in [3.8, 4) is 0 Å². The molecule has 2 unspecified atom stereocenters. The van der Waals surface area contributed by atoms with Crippen molar-refractivity contribution in [1.29, 1.82) is 0 Å². The summed E-state index contributed by atoms with van der Waals surface area (Å²) in [4.78, 5) is 43.4. The van der Waals surface area contributed by atoms with Crippen molar-refractivity contribution in [2.75, 3.05) is 25.0 Å². The van der Waals surface area contributed by atoms with E-state index < -0.39 is 6.04 Å². The van der Waals surface area contributed by atoms with E-state index in [1.54, 1.807) is 17.0 Å². The molecular weight excluding hydrogens is 452 g/mol. The van der Waals surface area contributed by atoms with Gasteiger partial charge < -0.3 is 20.4 Å². The summed E-state index contributed by atoms with van der Waals surface area (Å²) in [5.41, 5.74) is 3.54. The molecule has 4 rings (SSSR count). The highest BCUT2D eigenvalue weighted by Crippen LogP contribution is 2.26. The van der Waals surface area contributed by atoms with Crippen molar-refractivity contribution < 1.29 is 14.4 Å². The van der Waals surface area contributed by atoms with E-state index in [9.17, 15) is 14.4 Å². The maximum atomic E-state index is 13.7. The minimum absolute atomic E-state index is 0.00483. The standard InChI is InChI=1S/C29H38N4O3/c1-20-7-11-24(12-8-20)27(34)31-26(28(35)33-17-5-4-6-22(33)3)23-15-18-32(19-16-23)29(36)30-25-13-9-21(2)10-14-25/h7-14,22-23,26H,4-6,15-19H2,1-3H3,(H,30,36)(H,31,34). The Labute approximate surface area is 214 Å². The van der Waals surface area contributed by atoms with Crippen LogP contribution in [-0.4, -0.2) is 59.4 Å². The van der Waals surface area contributed by atoms with Gasteiger partial charge in [-0.1, -0.05) is 35.4 Å². The average molecular weight is 491 g/mol. The summed E-state index contributed by atoms with van der Waals surface area (Å²) in [7, 11) is 0. The first-order valence-electron chi connectivity index (χ1n) is 13.1. The van der Waals surface area contributed by atoms with Gasteiger partial charge in [0, 0.05) is 36.9 Å². The van der Waals surface area contributed by atoms with Crippen LogP contribution in [0.15, 0.2) is 48.5 Å². The number of hydrogen-bond donors (Lipinski definition) is 2. The number of anilines is 1. The molecule has 0 spiro atoms. The van der Waals surface area contributed by atoms with Crippen molar-refractivity contribution in [2.24, 2.45) is 5.92 Å². The van der Waals surface area contributed by atoms with E-state index in [2.05, 4.69) is 17.6 Å². The Bertz CT molecular complexity index is 1060. The van der Waals surface area contributed by atoms with E-state index in [-0.39, 0.29) is 29.8 Å². The van der Waals surface area contributed by atoms with Crippen LogP contribution in [0.5, 0.6) is 0 Å². The number of carbonyl (C=O) groups is 3. The lowest BCUT2D eigenvalue weighted by molar-refractivity contribution is -0.138. The van der Waals surface area contributed by atoms with Crippen molar-refractivity contribution in [2.45, 2.75) is 65.0 Å². The number of hydrogen-bond acceptors (Lipinski definition) is 3. The lowest BCUT2D eigenvalue weighted by Gasteiger charge is -2.40. The Morgan fingerprint density at radius 2 is 1.44 bits per heavy atom. The molecule has 7 nitrogen and oxygen atoms in total. The fourth-order valence-electron chi connectivity index (χ4n) is 5.19. The predicted molar refractivity (Wildman–Crippen MR) is 142 cm³/mol. The van der Waals surface area contributed by atoms with E-state index >= 15 is 0 Å². The average Bonchev–Trinajstić information content (AvgIpc) is 2.89. The van der Waals surface area contributed by atoms with Gasteiger partial charge in [0.25, 0.3) is 5.91 Å². The van der Waals surface area contributed by atoms with Gasteiger partial charge in [-0.2, -0.15) is 0 Å². The molecule has 7 heteroatoms. The molecule has 0 radical (unpaired) electrons. The molecule has 36 heavy (non-hydrogen) atoms. The maximum absolute atomic E-state index is 13.7. The highest BCUT2D eigenvalue weighted by molar-refractivity contribution is 5.97. The van der Waals surface area contributed by atoms with Crippen LogP contribution in [0.25, 0.3) is 0 Å². The molecule has 2 atom stereocenters. The number of nitrogens with zero attached hydrogens (tertiary/aromatic N) is 2. The van der Waals surface area contributed by atoms with Gasteiger partial charge >= 0.3 is 6.03 Å². The molecule has 0 aliphatic carbocycles. The molecule has 2 aliphatic rings. The molecule has 2 fully saturated rings. The summed E-state index contributed by atoms with van der Waals surface area (Å²) in [6.07, 6.45) is 4.43. The quantitative estimate of drug-likeness (QED) is 0.635. The lowest BCUT2D eigenvalue weighted by atomic mass is 9.87. The second-order valence-corrected chi connectivity index (χ2v) is 10.3. The minimum Gasteiger partial charge on any atom is -0.340 e. The maximum Gasteiger partial charge on any atom is 0.321 e. The molecule has 192 valence electrons. The number of nitrogens with one attached hydrogen (secondary N) is 2. The van der Waals surface area contributed by atoms with Gasteiger partial charge in [0.05, 0.1) is 0 Å². The van der Waals surface area contributed by atoms with Gasteiger partial charge in [-0.15, -0.1) is 0 Å². The zero-order valence-electron chi connectivity index (χ0n) is 21.6. The highest BCUT2D eigenvalue weighted by Gasteiger charge is 2.38. The molecule has 2 aliphatic heterocycles. The van der Waals surface area contributed by atoms with Gasteiger partial charge in [-0.25, -0.2) is 4.79 Å². The number of piperidine rings is 2. The first-order valence-corrected chi connectivity index (χ1v) is 13.1. The lowest BCUT2D eigenvalue weighted by Crippen LogP contribution is -2.57. The second kappa shape index (κ2) is 11.6. The Kier molecular flexibility index (Phi) is 8.28. The summed E-state index contributed by atoms with van der Waals surface area (Å²) >= 11 is 0. The zero-order chi connectivity index (χ0) is 25.7. The third-order valence-corrected chi connectivity index (χ3v) is 7.55. The SMILES string of the molecule is Cc1ccc(NC(=O)N2CCC(C(NC(=O)c3ccc(C)cc3)C(=O)N3CCCCC3C)CC2)cc1. The molecular formula is C29H38N4O3.